The van der Waals surface area contributed by atoms with Crippen molar-refractivity contribution in [3.63, 3.8) is 0 Å². The van der Waals surface area contributed by atoms with Gasteiger partial charge in [-0.25, -0.2) is 0 Å². The highest BCUT2D eigenvalue weighted by molar-refractivity contribution is 7.98. The molecule has 0 atom stereocenters. The molecule has 1 N–H and O–H groups in total. The predicted octanol–water partition coefficient (Wildman–Crippen LogP) is 2.14. The van der Waals surface area contributed by atoms with Gasteiger partial charge in [-0.2, -0.15) is 0 Å². The van der Waals surface area contributed by atoms with Crippen molar-refractivity contribution in [3.8, 4) is 0 Å². The third kappa shape index (κ3) is 2.91. The summed E-state index contributed by atoms with van der Waals surface area (Å²) in [6.45, 7) is 2.88. The summed E-state index contributed by atoms with van der Waals surface area (Å²) < 4.78 is 2.04. The number of rotatable bonds is 5. The molecule has 1 aromatic carbocycles. The average molecular weight is 262 g/mol. The maximum Gasteiger partial charge on any atom is 0.191 e. The van der Waals surface area contributed by atoms with E-state index in [1.54, 1.807) is 11.8 Å². The summed E-state index contributed by atoms with van der Waals surface area (Å²) in [6, 6.07) is 8.44. The fraction of sp³-hybridized carbons (Fsp3) is 0.385. The number of nitrogens with one attached hydrogen (secondary N) is 1. The fourth-order valence-corrected chi connectivity index (χ4v) is 2.70. The van der Waals surface area contributed by atoms with Gasteiger partial charge >= 0.3 is 0 Å². The Morgan fingerprint density at radius 1 is 1.28 bits per heavy atom. The number of aromatic nitrogens is 3. The fourth-order valence-electron chi connectivity index (χ4n) is 1.70. The number of hydrogen-bond donors (Lipinski definition) is 1. The SMILES string of the molecule is CNCc1nnc(SCc2ccccc2C)n1C. The van der Waals surface area contributed by atoms with Crippen molar-refractivity contribution < 1.29 is 0 Å². The van der Waals surface area contributed by atoms with Crippen LogP contribution in [0.4, 0.5) is 0 Å². The van der Waals surface area contributed by atoms with Crippen molar-refractivity contribution in [3.05, 3.63) is 41.2 Å². The lowest BCUT2D eigenvalue weighted by Gasteiger charge is -2.05. The first-order valence-corrected chi connectivity index (χ1v) is 6.91. The molecule has 0 fully saturated rings. The molecule has 0 bridgehead atoms. The molecule has 4 nitrogen and oxygen atoms in total. The average Bonchev–Trinajstić information content (AvgIpc) is 2.71. The van der Waals surface area contributed by atoms with Gasteiger partial charge in [-0.1, -0.05) is 36.0 Å². The van der Waals surface area contributed by atoms with Gasteiger partial charge in [0.25, 0.3) is 0 Å². The summed E-state index contributed by atoms with van der Waals surface area (Å²) in [7, 11) is 3.92. The maximum atomic E-state index is 4.21. The van der Waals surface area contributed by atoms with Crippen LogP contribution in [-0.2, 0) is 19.3 Å². The molecule has 96 valence electrons. The van der Waals surface area contributed by atoms with E-state index >= 15 is 0 Å². The number of thioether (sulfide) groups is 1. The predicted molar refractivity (Wildman–Crippen MR) is 74.5 cm³/mol. The molecular formula is C13H18N4S. The van der Waals surface area contributed by atoms with E-state index in [0.29, 0.717) is 0 Å². The van der Waals surface area contributed by atoms with E-state index in [4.69, 9.17) is 0 Å². The number of nitrogens with zero attached hydrogens (tertiary/aromatic N) is 3. The number of aryl methyl sites for hydroxylation is 1. The van der Waals surface area contributed by atoms with Crippen LogP contribution >= 0.6 is 11.8 Å². The first-order chi connectivity index (χ1) is 8.72. The second-order valence-electron chi connectivity index (χ2n) is 4.20. The normalized spacial score (nSPS) is 10.8. The quantitative estimate of drug-likeness (QED) is 0.838. The van der Waals surface area contributed by atoms with Crippen LogP contribution in [0.2, 0.25) is 0 Å². The topological polar surface area (TPSA) is 42.7 Å². The molecule has 1 aromatic heterocycles. The molecule has 0 saturated heterocycles. The van der Waals surface area contributed by atoms with E-state index in [0.717, 1.165) is 23.3 Å². The Kier molecular flexibility index (Phi) is 4.38. The molecule has 2 aromatic rings. The van der Waals surface area contributed by atoms with Crippen LogP contribution in [0.1, 0.15) is 17.0 Å². The summed E-state index contributed by atoms with van der Waals surface area (Å²) in [5.74, 6) is 1.89. The molecule has 0 aliphatic heterocycles. The summed E-state index contributed by atoms with van der Waals surface area (Å²) >= 11 is 1.72. The monoisotopic (exact) mass is 262 g/mol. The van der Waals surface area contributed by atoms with Gasteiger partial charge in [0.15, 0.2) is 5.16 Å². The van der Waals surface area contributed by atoms with E-state index in [1.807, 2.05) is 18.7 Å². The van der Waals surface area contributed by atoms with Crippen molar-refractivity contribution in [1.29, 1.82) is 0 Å². The molecule has 0 spiro atoms. The lowest BCUT2D eigenvalue weighted by Crippen LogP contribution is -2.10. The molecule has 1 heterocycles. The van der Waals surface area contributed by atoms with Crippen molar-refractivity contribution in [1.82, 2.24) is 20.1 Å². The van der Waals surface area contributed by atoms with Crippen molar-refractivity contribution >= 4 is 11.8 Å². The first kappa shape index (κ1) is 13.1. The van der Waals surface area contributed by atoms with Crippen LogP contribution in [0.15, 0.2) is 29.4 Å². The zero-order chi connectivity index (χ0) is 13.0. The molecule has 0 amide bonds. The summed E-state index contributed by atoms with van der Waals surface area (Å²) in [6.07, 6.45) is 0. The van der Waals surface area contributed by atoms with E-state index in [9.17, 15) is 0 Å². The third-order valence-corrected chi connectivity index (χ3v) is 3.95. The van der Waals surface area contributed by atoms with Crippen LogP contribution in [0, 0.1) is 6.92 Å². The van der Waals surface area contributed by atoms with E-state index in [1.165, 1.54) is 11.1 Å². The highest BCUT2D eigenvalue weighted by atomic mass is 32.2. The van der Waals surface area contributed by atoms with Crippen LogP contribution in [0.3, 0.4) is 0 Å². The highest BCUT2D eigenvalue weighted by Crippen LogP contribution is 2.22. The molecule has 0 saturated carbocycles. The largest absolute Gasteiger partial charge is 0.313 e. The lowest BCUT2D eigenvalue weighted by atomic mass is 10.1. The minimum atomic E-state index is 0.744. The molecule has 2 rings (SSSR count). The van der Waals surface area contributed by atoms with Gasteiger partial charge in [-0.05, 0) is 25.1 Å². The Morgan fingerprint density at radius 2 is 2.06 bits per heavy atom. The minimum absolute atomic E-state index is 0.744. The Bertz CT molecular complexity index is 521. The lowest BCUT2D eigenvalue weighted by molar-refractivity contribution is 0.682. The first-order valence-electron chi connectivity index (χ1n) is 5.92. The molecule has 5 heteroatoms. The molecule has 0 aliphatic rings. The summed E-state index contributed by atoms with van der Waals surface area (Å²) in [4.78, 5) is 0. The molecule has 0 aliphatic carbocycles. The smallest absolute Gasteiger partial charge is 0.191 e. The van der Waals surface area contributed by atoms with Gasteiger partial charge in [-0.15, -0.1) is 10.2 Å². The van der Waals surface area contributed by atoms with Gasteiger partial charge in [-0.3, -0.25) is 0 Å². The van der Waals surface area contributed by atoms with Gasteiger partial charge in [0.05, 0.1) is 6.54 Å². The number of hydrogen-bond acceptors (Lipinski definition) is 4. The van der Waals surface area contributed by atoms with Gasteiger partial charge < -0.3 is 9.88 Å². The summed E-state index contributed by atoms with van der Waals surface area (Å²) in [5.41, 5.74) is 2.67. The third-order valence-electron chi connectivity index (χ3n) is 2.88. The Morgan fingerprint density at radius 3 is 2.78 bits per heavy atom. The molecule has 0 unspecified atom stereocenters. The minimum Gasteiger partial charge on any atom is -0.313 e. The van der Waals surface area contributed by atoms with Crippen molar-refractivity contribution in [2.75, 3.05) is 7.05 Å². The Labute approximate surface area is 112 Å². The second kappa shape index (κ2) is 6.02. The molecule has 0 radical (unpaired) electrons. The van der Waals surface area contributed by atoms with Gasteiger partial charge in [0, 0.05) is 12.8 Å². The van der Waals surface area contributed by atoms with Gasteiger partial charge in [0.1, 0.15) is 5.82 Å². The molecular weight excluding hydrogens is 244 g/mol. The number of benzene rings is 1. The van der Waals surface area contributed by atoms with Crippen LogP contribution < -0.4 is 5.32 Å². The summed E-state index contributed by atoms with van der Waals surface area (Å²) in [5, 5.41) is 12.4. The zero-order valence-corrected chi connectivity index (χ0v) is 11.8. The van der Waals surface area contributed by atoms with Crippen LogP contribution in [0.25, 0.3) is 0 Å². The molecule has 18 heavy (non-hydrogen) atoms. The second-order valence-corrected chi connectivity index (χ2v) is 5.15. The van der Waals surface area contributed by atoms with Crippen molar-refractivity contribution in [2.24, 2.45) is 7.05 Å². The van der Waals surface area contributed by atoms with Gasteiger partial charge in [0.2, 0.25) is 0 Å². The van der Waals surface area contributed by atoms with E-state index in [2.05, 4.69) is 46.7 Å². The van der Waals surface area contributed by atoms with E-state index < -0.39 is 0 Å². The Hall–Kier alpha value is -1.33. The van der Waals surface area contributed by atoms with E-state index in [-0.39, 0.29) is 0 Å². The zero-order valence-electron chi connectivity index (χ0n) is 11.0. The maximum absolute atomic E-state index is 4.21. The highest BCUT2D eigenvalue weighted by Gasteiger charge is 2.08. The van der Waals surface area contributed by atoms with Crippen LogP contribution in [-0.4, -0.2) is 21.8 Å². The Balaban J connectivity index is 2.05. The standard InChI is InChI=1S/C13H18N4S/c1-10-6-4-5-7-11(10)9-18-13-16-15-12(8-14-2)17(13)3/h4-7,14H,8-9H2,1-3H3. The van der Waals surface area contributed by atoms with Crippen molar-refractivity contribution in [2.45, 2.75) is 24.4 Å². The van der Waals surface area contributed by atoms with Crippen LogP contribution in [0.5, 0.6) is 0 Å².